The van der Waals surface area contributed by atoms with E-state index >= 15 is 0 Å². The summed E-state index contributed by atoms with van der Waals surface area (Å²) in [6, 6.07) is -3.03. The van der Waals surface area contributed by atoms with Crippen molar-refractivity contribution in [2.24, 2.45) is 23.1 Å². The number of carbonyl (C=O) groups excluding carboxylic acids is 11. The Kier molecular flexibility index (Phi) is 26.8. The van der Waals surface area contributed by atoms with Gasteiger partial charge in [0, 0.05) is 32.2 Å². The smallest absolute Gasteiger partial charge is 0.328 e. The van der Waals surface area contributed by atoms with Crippen molar-refractivity contribution in [3.63, 3.8) is 0 Å². The van der Waals surface area contributed by atoms with Crippen molar-refractivity contribution in [3.05, 3.63) is 59.7 Å². The van der Waals surface area contributed by atoms with Crippen LogP contribution in [0.2, 0.25) is 0 Å². The van der Waals surface area contributed by atoms with Crippen molar-refractivity contribution < 1.29 is 88.2 Å². The number of hydrogen-bond acceptors (Lipinski definition) is 18. The van der Waals surface area contributed by atoms with Crippen molar-refractivity contribution in [3.8, 4) is 11.5 Å². The number of amides is 11. The second-order valence-corrected chi connectivity index (χ2v) is 19.8. The lowest BCUT2D eigenvalue weighted by atomic mass is 10.0. The number of phenols is 2. The fourth-order valence-electron chi connectivity index (χ4n) is 8.30. The number of phenolic OH excluding ortho intramolecular Hbond substituents is 2. The summed E-state index contributed by atoms with van der Waals surface area (Å²) in [4.78, 5) is 158. The van der Waals surface area contributed by atoms with E-state index < -0.39 is 164 Å². The average Bonchev–Trinajstić information content (AvgIpc) is 3.97. The molecule has 0 aromatic heterocycles. The summed E-state index contributed by atoms with van der Waals surface area (Å²) in [6.45, 7) is 1.58. The van der Waals surface area contributed by atoms with E-state index in [2.05, 4.69) is 42.5 Å². The fourth-order valence-corrected chi connectivity index (χ4v) is 8.30. The summed E-state index contributed by atoms with van der Waals surface area (Å²) in [5.74, 6) is -12.6. The highest BCUT2D eigenvalue weighted by atomic mass is 16.4. The van der Waals surface area contributed by atoms with E-state index in [9.17, 15) is 88.2 Å². The van der Waals surface area contributed by atoms with Gasteiger partial charge in [0.2, 0.25) is 65.0 Å². The maximum atomic E-state index is 14.5. The molecule has 2 aromatic rings. The number of nitrogens with one attached hydrogen (secondary N) is 8. The van der Waals surface area contributed by atoms with Crippen molar-refractivity contribution in [1.29, 1.82) is 0 Å². The number of likely N-dealkylation sites (tertiary alicyclic amines) is 1. The lowest BCUT2D eigenvalue weighted by molar-refractivity contribution is -0.145. The highest BCUT2D eigenvalue weighted by Gasteiger charge is 2.41. The first-order valence-corrected chi connectivity index (χ1v) is 25.8. The Bertz CT molecular complexity index is 2550. The van der Waals surface area contributed by atoms with Crippen LogP contribution >= 0.6 is 0 Å². The number of aliphatic hydroxyl groups is 3. The zero-order valence-corrected chi connectivity index (χ0v) is 44.9. The molecule has 446 valence electrons. The second-order valence-electron chi connectivity index (χ2n) is 19.8. The Hall–Kier alpha value is -8.48. The maximum absolute atomic E-state index is 14.5. The summed E-state index contributed by atoms with van der Waals surface area (Å²) in [5.41, 5.74) is 17.2. The van der Waals surface area contributed by atoms with E-state index in [1.54, 1.807) is 0 Å². The van der Waals surface area contributed by atoms with Crippen LogP contribution in [0, 0.1) is 5.92 Å². The van der Waals surface area contributed by atoms with Crippen LogP contribution in [-0.4, -0.2) is 193 Å². The molecule has 1 heterocycles. The van der Waals surface area contributed by atoms with Gasteiger partial charge >= 0.3 is 5.97 Å². The number of carboxylic acid groups (broad SMARTS) is 1. The predicted octanol–water partition coefficient (Wildman–Crippen LogP) is -6.26. The second kappa shape index (κ2) is 32.6. The molecular weight excluding hydrogens is 1070 g/mol. The Labute approximate surface area is 465 Å². The van der Waals surface area contributed by atoms with Crippen molar-refractivity contribution in [1.82, 2.24) is 47.4 Å². The van der Waals surface area contributed by atoms with Gasteiger partial charge in [0.15, 0.2) is 6.04 Å². The molecule has 30 heteroatoms. The minimum absolute atomic E-state index is 0.0153. The van der Waals surface area contributed by atoms with Crippen LogP contribution in [0.25, 0.3) is 0 Å². The van der Waals surface area contributed by atoms with Gasteiger partial charge < -0.3 is 95.3 Å². The Morgan fingerprint density at radius 3 is 1.49 bits per heavy atom. The molecule has 0 aliphatic carbocycles. The van der Waals surface area contributed by atoms with Gasteiger partial charge in [0.05, 0.1) is 31.9 Å². The van der Waals surface area contributed by atoms with Crippen LogP contribution in [0.15, 0.2) is 48.5 Å². The van der Waals surface area contributed by atoms with E-state index in [1.165, 1.54) is 48.5 Å². The third-order valence-electron chi connectivity index (χ3n) is 12.6. The number of nitrogens with zero attached hydrogens (tertiary/aromatic N) is 1. The molecule has 0 unspecified atom stereocenters. The molecule has 11 amide bonds. The topological polar surface area (TPSA) is 504 Å². The molecule has 0 radical (unpaired) electrons. The van der Waals surface area contributed by atoms with E-state index in [1.807, 2.05) is 13.8 Å². The van der Waals surface area contributed by atoms with Crippen LogP contribution < -0.4 is 59.7 Å². The van der Waals surface area contributed by atoms with E-state index in [4.69, 9.17) is 17.2 Å². The van der Waals surface area contributed by atoms with Gasteiger partial charge in [-0.15, -0.1) is 0 Å². The Morgan fingerprint density at radius 2 is 1.04 bits per heavy atom. The summed E-state index contributed by atoms with van der Waals surface area (Å²) >= 11 is 0. The molecule has 81 heavy (non-hydrogen) atoms. The Morgan fingerprint density at radius 1 is 0.593 bits per heavy atom. The molecule has 1 aliphatic heterocycles. The summed E-state index contributed by atoms with van der Waals surface area (Å²) in [5, 5.41) is 78.5. The van der Waals surface area contributed by atoms with Crippen LogP contribution in [-0.2, 0) is 70.4 Å². The molecule has 2 aromatic carbocycles. The van der Waals surface area contributed by atoms with Crippen LogP contribution in [0.4, 0.5) is 0 Å². The summed E-state index contributed by atoms with van der Waals surface area (Å²) < 4.78 is 0. The van der Waals surface area contributed by atoms with Crippen LogP contribution in [0.3, 0.4) is 0 Å². The zero-order valence-electron chi connectivity index (χ0n) is 44.9. The van der Waals surface area contributed by atoms with Gasteiger partial charge in [-0.3, -0.25) is 52.7 Å². The highest BCUT2D eigenvalue weighted by molar-refractivity contribution is 5.98. The minimum Gasteiger partial charge on any atom is -0.508 e. The number of aliphatic carboxylic acids is 1. The maximum Gasteiger partial charge on any atom is 0.328 e. The quantitative estimate of drug-likeness (QED) is 0.0316. The number of aliphatic hydroxyl groups excluding tert-OH is 3. The molecule has 0 bridgehead atoms. The number of carbonyl (C=O) groups is 12. The van der Waals surface area contributed by atoms with Crippen molar-refractivity contribution >= 4 is 70.9 Å². The molecule has 30 nitrogen and oxygen atoms in total. The minimum atomic E-state index is -1.91. The van der Waals surface area contributed by atoms with Gasteiger partial charge in [0.25, 0.3) is 0 Å². The summed E-state index contributed by atoms with van der Waals surface area (Å²) in [7, 11) is 0. The van der Waals surface area contributed by atoms with Crippen LogP contribution in [0.5, 0.6) is 11.5 Å². The number of rotatable bonds is 33. The van der Waals surface area contributed by atoms with Crippen molar-refractivity contribution in [2.75, 3.05) is 26.3 Å². The predicted molar refractivity (Wildman–Crippen MR) is 283 cm³/mol. The lowest BCUT2D eigenvalue weighted by Crippen LogP contribution is -2.61. The van der Waals surface area contributed by atoms with Crippen LogP contribution in [0.1, 0.15) is 76.8 Å². The number of nitrogens with two attached hydrogens (primary N) is 3. The zero-order chi connectivity index (χ0) is 60.7. The van der Waals surface area contributed by atoms with E-state index in [0.29, 0.717) is 11.1 Å². The molecule has 0 saturated carbocycles. The van der Waals surface area contributed by atoms with E-state index in [0.717, 1.165) is 11.8 Å². The monoisotopic (exact) mass is 1140 g/mol. The number of primary amides is 2. The first-order chi connectivity index (χ1) is 38.1. The molecular formula is C51H74N12O18. The molecule has 10 atom stereocenters. The number of benzene rings is 2. The molecule has 3 rings (SSSR count). The molecule has 20 N–H and O–H groups in total. The first-order valence-electron chi connectivity index (χ1n) is 25.8. The van der Waals surface area contributed by atoms with Crippen molar-refractivity contribution in [2.45, 2.75) is 139 Å². The summed E-state index contributed by atoms with van der Waals surface area (Å²) in [6.07, 6.45) is -3.14. The third kappa shape index (κ3) is 22.3. The van der Waals surface area contributed by atoms with Gasteiger partial charge in [-0.25, -0.2) is 4.79 Å². The molecule has 1 saturated heterocycles. The van der Waals surface area contributed by atoms with E-state index in [-0.39, 0.29) is 68.9 Å². The lowest BCUT2D eigenvalue weighted by Gasteiger charge is -2.31. The third-order valence-corrected chi connectivity index (χ3v) is 12.6. The Balaban J connectivity index is 1.80. The van der Waals surface area contributed by atoms with Gasteiger partial charge in [0.1, 0.15) is 53.8 Å². The number of hydrogen-bond donors (Lipinski definition) is 17. The number of carboxylic acids is 1. The molecule has 1 fully saturated rings. The standard InChI is InChI=1S/C51H74N12O18/c1-25(2)19-31(52)43(72)57-32(14-16-39(53)69)44(73)55-22-41(71)56-33(15-17-40(54)70)45(74)60-37(24-65)48(77)61-36(23-64)47(76)59-35(21-28-8-12-30(68)13-9-28)50(79)63-18-4-5-38(63)49(78)58-34(20-27-6-10-29(67)11-7-27)46(75)62-42(26(3)66)51(80)81/h6-13,25-26,31-38,42,64-68H,4-5,14-24,52H2,1-3H3,(H2,53,69)(H2,54,70)(H,55,73)(H,56,71)(H,57,72)(H,58,78)(H,59,76)(H,60,74)(H,61,77)(H,62,75)(H,80,81)/t26-,31+,32+,33+,34+,35+,36+,37+,38+,42+/m1/s1. The first kappa shape index (κ1) is 66.8. The fraction of sp³-hybridized carbons (Fsp3) is 0.529. The molecule has 0 spiro atoms. The SMILES string of the molecule is CC(C)C[C@H](N)C(=O)N[C@@H](CCC(N)=O)C(=O)NCC(=O)N[C@@H](CCC(N)=O)C(=O)N[C@@H](CO)C(=O)N[C@@H](CO)C(=O)N[C@@H](Cc1ccc(O)cc1)C(=O)N1CCC[C@H]1C(=O)N[C@@H](Cc1ccc(O)cc1)C(=O)N[C@H](C(=O)O)[C@@H](C)O. The normalized spacial score (nSPS) is 16.3. The molecule has 1 aliphatic rings. The van der Waals surface area contributed by atoms with Gasteiger partial charge in [-0.2, -0.15) is 0 Å². The largest absolute Gasteiger partial charge is 0.508 e. The number of aromatic hydroxyl groups is 2. The average molecular weight is 1140 g/mol. The van der Waals surface area contributed by atoms with Gasteiger partial charge in [-0.1, -0.05) is 38.1 Å². The highest BCUT2D eigenvalue weighted by Crippen LogP contribution is 2.22. The van der Waals surface area contributed by atoms with Gasteiger partial charge in [-0.05, 0) is 80.3 Å².